The number of carboxylic acids is 1. The maximum absolute atomic E-state index is 13.5. The number of rotatable bonds is 20. The maximum atomic E-state index is 13.5. The van der Waals surface area contributed by atoms with E-state index in [1.165, 1.54) is 24.3 Å². The van der Waals surface area contributed by atoms with Crippen LogP contribution in [0, 0.1) is 0 Å². The van der Waals surface area contributed by atoms with Crippen LogP contribution >= 0.6 is 0 Å². The molecule has 15 N–H and O–H groups in total. The molecule has 0 saturated heterocycles. The van der Waals surface area contributed by atoms with Crippen molar-refractivity contribution in [2.45, 2.75) is 69.1 Å². The molecule has 0 heterocycles. The highest BCUT2D eigenvalue weighted by Crippen LogP contribution is 2.12. The first-order chi connectivity index (χ1) is 22.9. The molecule has 1 aromatic rings. The lowest BCUT2D eigenvalue weighted by molar-refractivity contribution is -0.139. The number of aliphatic hydroxyl groups excluding tert-OH is 3. The summed E-state index contributed by atoms with van der Waals surface area (Å²) in [4.78, 5) is 98.9. The lowest BCUT2D eigenvalue weighted by Gasteiger charge is -2.28. The van der Waals surface area contributed by atoms with Crippen molar-refractivity contribution in [2.24, 2.45) is 11.5 Å². The Morgan fingerprint density at radius 2 is 1.20 bits per heavy atom. The minimum atomic E-state index is -1.80. The summed E-state index contributed by atoms with van der Waals surface area (Å²) in [6.07, 6.45) is -4.27. The monoisotopic (exact) mass is 698 g/mol. The average Bonchev–Trinajstić information content (AvgIpc) is 3.02. The smallest absolute Gasteiger partial charge is 0.322 e. The van der Waals surface area contributed by atoms with Gasteiger partial charge in [0, 0.05) is 6.42 Å². The summed E-state index contributed by atoms with van der Waals surface area (Å²) in [5.74, 6) is -9.01. The maximum Gasteiger partial charge on any atom is 0.322 e. The highest BCUT2D eigenvalue weighted by molar-refractivity contribution is 5.98. The molecule has 1 rings (SSSR count). The van der Waals surface area contributed by atoms with Gasteiger partial charge in [-0.3, -0.25) is 38.4 Å². The Morgan fingerprint density at radius 1 is 0.714 bits per heavy atom. The van der Waals surface area contributed by atoms with Crippen molar-refractivity contribution in [1.82, 2.24) is 31.9 Å². The Bertz CT molecular complexity index is 1360. The molecular formula is C28H42N8O13. The average molecular weight is 699 g/mol. The van der Waals surface area contributed by atoms with Gasteiger partial charge in [0.15, 0.2) is 0 Å². The van der Waals surface area contributed by atoms with Gasteiger partial charge in [-0.15, -0.1) is 0 Å². The zero-order valence-corrected chi connectivity index (χ0v) is 26.5. The largest absolute Gasteiger partial charge is 0.508 e. The molecule has 0 aliphatic carbocycles. The third kappa shape index (κ3) is 14.5. The lowest BCUT2D eigenvalue weighted by Crippen LogP contribution is -2.63. The number of carboxylic acid groups (broad SMARTS) is 1. The summed E-state index contributed by atoms with van der Waals surface area (Å²) in [5.41, 5.74) is 10.7. The number of benzene rings is 1. The first-order valence-electron chi connectivity index (χ1n) is 14.6. The van der Waals surface area contributed by atoms with Crippen molar-refractivity contribution in [3.05, 3.63) is 29.8 Å². The van der Waals surface area contributed by atoms with Crippen LogP contribution in [0.5, 0.6) is 5.75 Å². The van der Waals surface area contributed by atoms with Gasteiger partial charge in [-0.1, -0.05) is 12.1 Å². The Labute approximate surface area is 279 Å². The van der Waals surface area contributed by atoms with E-state index in [1.54, 1.807) is 0 Å². The Kier molecular flexibility index (Phi) is 17.1. The van der Waals surface area contributed by atoms with Gasteiger partial charge in [-0.25, -0.2) is 0 Å². The Hall–Kier alpha value is -5.38. The van der Waals surface area contributed by atoms with E-state index in [0.717, 1.165) is 13.8 Å². The zero-order valence-electron chi connectivity index (χ0n) is 26.5. The zero-order chi connectivity index (χ0) is 37.4. The fourth-order valence-corrected chi connectivity index (χ4v) is 4.06. The highest BCUT2D eigenvalue weighted by atomic mass is 16.4. The van der Waals surface area contributed by atoms with Crippen LogP contribution in [0.1, 0.15) is 25.8 Å². The van der Waals surface area contributed by atoms with E-state index in [2.05, 4.69) is 26.6 Å². The van der Waals surface area contributed by atoms with Gasteiger partial charge in [0.25, 0.3) is 0 Å². The normalized spacial score (nSPS) is 15.1. The first-order valence-corrected chi connectivity index (χ1v) is 14.6. The third-order valence-corrected chi connectivity index (χ3v) is 6.61. The van der Waals surface area contributed by atoms with E-state index in [-0.39, 0.29) is 12.2 Å². The van der Waals surface area contributed by atoms with Crippen molar-refractivity contribution in [1.29, 1.82) is 0 Å². The summed E-state index contributed by atoms with van der Waals surface area (Å²) in [6, 6.07) is -3.13. The third-order valence-electron chi connectivity index (χ3n) is 6.61. The van der Waals surface area contributed by atoms with Crippen LogP contribution in [0.2, 0.25) is 0 Å². The van der Waals surface area contributed by atoms with Crippen molar-refractivity contribution in [3.63, 3.8) is 0 Å². The number of phenolic OH excluding ortho intramolecular Hbond substituents is 1. The van der Waals surface area contributed by atoms with Crippen LogP contribution in [0.25, 0.3) is 0 Å². The molecule has 0 unspecified atom stereocenters. The Morgan fingerprint density at radius 3 is 1.63 bits per heavy atom. The molecule has 272 valence electrons. The molecule has 21 heteroatoms. The van der Waals surface area contributed by atoms with Gasteiger partial charge >= 0.3 is 5.97 Å². The second kappa shape index (κ2) is 20.1. The molecule has 49 heavy (non-hydrogen) atoms. The van der Waals surface area contributed by atoms with Gasteiger partial charge in [0.2, 0.25) is 41.4 Å². The minimum Gasteiger partial charge on any atom is -0.508 e. The summed E-state index contributed by atoms with van der Waals surface area (Å²) < 4.78 is 0. The number of nitrogens with one attached hydrogen (secondary N) is 6. The Balaban J connectivity index is 3.31. The van der Waals surface area contributed by atoms with Gasteiger partial charge in [-0.05, 0) is 31.5 Å². The molecule has 0 aliphatic heterocycles. The molecule has 0 saturated carbocycles. The molecule has 7 atom stereocenters. The van der Waals surface area contributed by atoms with E-state index in [1.807, 2.05) is 5.32 Å². The number of hydrogen-bond donors (Lipinski definition) is 13. The second-order valence-corrected chi connectivity index (χ2v) is 10.7. The SMILES string of the molecule is C[C@@H](O)[C@H](NC(=O)[C@H](Cc1ccc(O)cc1)NC(=O)[C@@H](NC(=O)[C@H](CC(N)=O)NC(=O)CN)[C@@H](C)O)C(=O)N[C@@H](CO)C(=O)NCC(=O)O. The van der Waals surface area contributed by atoms with E-state index >= 15 is 0 Å². The number of nitrogens with two attached hydrogens (primary N) is 2. The number of aliphatic hydroxyl groups is 3. The van der Waals surface area contributed by atoms with Crippen molar-refractivity contribution >= 4 is 47.3 Å². The van der Waals surface area contributed by atoms with Gasteiger partial charge in [-0.2, -0.15) is 0 Å². The molecule has 0 aliphatic rings. The van der Waals surface area contributed by atoms with Crippen LogP contribution < -0.4 is 43.4 Å². The highest BCUT2D eigenvalue weighted by Gasteiger charge is 2.35. The molecule has 0 bridgehead atoms. The summed E-state index contributed by atoms with van der Waals surface area (Å²) in [7, 11) is 0. The fraction of sp³-hybridized carbons (Fsp3) is 0.500. The van der Waals surface area contributed by atoms with Crippen LogP contribution in [-0.4, -0.2) is 135 Å². The predicted octanol–water partition coefficient (Wildman–Crippen LogP) is -6.85. The topological polar surface area (TPSA) is 362 Å². The molecule has 0 aromatic heterocycles. The molecule has 21 nitrogen and oxygen atoms in total. The molecule has 0 radical (unpaired) electrons. The second-order valence-electron chi connectivity index (χ2n) is 10.7. The van der Waals surface area contributed by atoms with Crippen LogP contribution in [0.4, 0.5) is 0 Å². The number of hydrogen-bond acceptors (Lipinski definition) is 13. The number of phenols is 1. The number of carbonyl (C=O) groups is 8. The molecule has 0 fully saturated rings. The van der Waals surface area contributed by atoms with E-state index in [0.29, 0.717) is 5.56 Å². The van der Waals surface area contributed by atoms with Crippen LogP contribution in [0.15, 0.2) is 24.3 Å². The van der Waals surface area contributed by atoms with Crippen LogP contribution in [0.3, 0.4) is 0 Å². The molecule has 0 spiro atoms. The first kappa shape index (κ1) is 41.6. The number of amides is 7. The van der Waals surface area contributed by atoms with E-state index in [4.69, 9.17) is 16.6 Å². The minimum absolute atomic E-state index is 0.130. The predicted molar refractivity (Wildman–Crippen MR) is 165 cm³/mol. The molecule has 1 aromatic carbocycles. The fourth-order valence-electron chi connectivity index (χ4n) is 4.06. The standard InChI is InChI=1S/C28H42N8O13/c1-12(38)22(36-26(47)17(8-19(30)41)32-20(42)9-29)27(48)33-16(7-14-3-5-15(40)6-4-14)25(46)35-23(13(2)39)28(49)34-18(11-37)24(45)31-10-21(43)44/h3-6,12-13,16-18,22-23,37-40H,7-11,29H2,1-2H3,(H2,30,41)(H,31,45)(H,32,42)(H,33,48)(H,34,49)(H,35,46)(H,36,47)(H,43,44)/t12-,13-,16+,17+,18+,22+,23+/m1/s1. The van der Waals surface area contributed by atoms with Crippen molar-refractivity contribution < 1.29 is 63.9 Å². The van der Waals surface area contributed by atoms with Gasteiger partial charge < -0.3 is 68.9 Å². The summed E-state index contributed by atoms with van der Waals surface area (Å²) in [6.45, 7) is -0.163. The van der Waals surface area contributed by atoms with Crippen molar-refractivity contribution in [3.8, 4) is 5.75 Å². The van der Waals surface area contributed by atoms with Gasteiger partial charge in [0.1, 0.15) is 42.5 Å². The van der Waals surface area contributed by atoms with Crippen molar-refractivity contribution in [2.75, 3.05) is 19.7 Å². The summed E-state index contributed by atoms with van der Waals surface area (Å²) in [5, 5.41) is 61.4. The van der Waals surface area contributed by atoms with Crippen LogP contribution in [-0.2, 0) is 44.8 Å². The van der Waals surface area contributed by atoms with E-state index in [9.17, 15) is 58.8 Å². The molecular weight excluding hydrogens is 656 g/mol. The number of aliphatic carboxylic acids is 1. The molecule has 7 amide bonds. The number of primary amides is 1. The summed E-state index contributed by atoms with van der Waals surface area (Å²) >= 11 is 0. The van der Waals surface area contributed by atoms with E-state index < -0.39 is 116 Å². The van der Waals surface area contributed by atoms with Gasteiger partial charge in [0.05, 0.1) is 31.8 Å². The number of carbonyl (C=O) groups excluding carboxylic acids is 7. The number of aromatic hydroxyl groups is 1. The lowest BCUT2D eigenvalue weighted by atomic mass is 10.0. The quantitative estimate of drug-likeness (QED) is 0.0602.